The SMILES string of the molecule is CN(C(=O)CCl)C(C)(C)CO. The van der Waals surface area contributed by atoms with Gasteiger partial charge in [-0.15, -0.1) is 11.6 Å². The maximum Gasteiger partial charge on any atom is 0.237 e. The van der Waals surface area contributed by atoms with Crippen LogP contribution in [0.3, 0.4) is 0 Å². The first-order valence-electron chi connectivity index (χ1n) is 3.39. The van der Waals surface area contributed by atoms with Crippen LogP contribution >= 0.6 is 11.6 Å². The molecule has 0 aliphatic rings. The summed E-state index contributed by atoms with van der Waals surface area (Å²) in [6.45, 7) is 3.49. The van der Waals surface area contributed by atoms with E-state index in [1.165, 1.54) is 4.90 Å². The summed E-state index contributed by atoms with van der Waals surface area (Å²) >= 11 is 5.34. The number of nitrogens with zero attached hydrogens (tertiary/aromatic N) is 1. The Morgan fingerprint density at radius 2 is 2.09 bits per heavy atom. The highest BCUT2D eigenvalue weighted by Gasteiger charge is 2.25. The van der Waals surface area contributed by atoms with Crippen LogP contribution in [0.4, 0.5) is 0 Å². The molecule has 1 N–H and O–H groups in total. The molecule has 0 bridgehead atoms. The monoisotopic (exact) mass is 179 g/mol. The Hall–Kier alpha value is -0.280. The van der Waals surface area contributed by atoms with Crippen LogP contribution in [0.5, 0.6) is 0 Å². The Labute approximate surface area is 71.9 Å². The number of alkyl halides is 1. The highest BCUT2D eigenvalue weighted by atomic mass is 35.5. The van der Waals surface area contributed by atoms with Gasteiger partial charge in [0.05, 0.1) is 12.1 Å². The third-order valence-electron chi connectivity index (χ3n) is 1.78. The molecule has 0 aromatic rings. The minimum Gasteiger partial charge on any atom is -0.394 e. The number of rotatable bonds is 3. The van der Waals surface area contributed by atoms with Crippen molar-refractivity contribution in [3.05, 3.63) is 0 Å². The van der Waals surface area contributed by atoms with Crippen LogP contribution in [-0.4, -0.2) is 41.0 Å². The minimum absolute atomic E-state index is 0.0417. The summed E-state index contributed by atoms with van der Waals surface area (Å²) in [4.78, 5) is 12.4. The third-order valence-corrected chi connectivity index (χ3v) is 2.01. The van der Waals surface area contributed by atoms with Crippen LogP contribution in [0.2, 0.25) is 0 Å². The molecule has 0 saturated carbocycles. The molecule has 0 radical (unpaired) electrons. The van der Waals surface area contributed by atoms with Gasteiger partial charge in [-0.2, -0.15) is 0 Å². The van der Waals surface area contributed by atoms with E-state index < -0.39 is 5.54 Å². The molecule has 4 heteroatoms. The Morgan fingerprint density at radius 1 is 1.64 bits per heavy atom. The zero-order valence-electron chi connectivity index (χ0n) is 7.09. The van der Waals surface area contributed by atoms with Crippen molar-refractivity contribution in [2.45, 2.75) is 19.4 Å². The van der Waals surface area contributed by atoms with Crippen molar-refractivity contribution in [2.24, 2.45) is 0 Å². The van der Waals surface area contributed by atoms with Crippen molar-refractivity contribution in [3.63, 3.8) is 0 Å². The second-order valence-corrected chi connectivity index (χ2v) is 3.32. The molecule has 0 saturated heterocycles. The largest absolute Gasteiger partial charge is 0.394 e. The number of likely N-dealkylation sites (N-methyl/N-ethyl adjacent to an activating group) is 1. The van der Waals surface area contributed by atoms with Gasteiger partial charge >= 0.3 is 0 Å². The van der Waals surface area contributed by atoms with Crippen molar-refractivity contribution in [2.75, 3.05) is 19.5 Å². The lowest BCUT2D eigenvalue weighted by molar-refractivity contribution is -0.133. The van der Waals surface area contributed by atoms with Crippen LogP contribution in [-0.2, 0) is 4.79 Å². The van der Waals surface area contributed by atoms with E-state index in [1.807, 2.05) is 0 Å². The molecule has 0 rings (SSSR count). The van der Waals surface area contributed by atoms with Crippen LogP contribution in [0.1, 0.15) is 13.8 Å². The molecule has 66 valence electrons. The second kappa shape index (κ2) is 3.93. The first kappa shape index (κ1) is 10.7. The zero-order valence-corrected chi connectivity index (χ0v) is 7.85. The number of aliphatic hydroxyl groups excluding tert-OH is 1. The Balaban J connectivity index is 4.22. The van der Waals surface area contributed by atoms with E-state index in [2.05, 4.69) is 0 Å². The van der Waals surface area contributed by atoms with E-state index >= 15 is 0 Å². The van der Waals surface area contributed by atoms with Gasteiger partial charge < -0.3 is 10.0 Å². The Kier molecular flexibility index (Phi) is 3.83. The van der Waals surface area contributed by atoms with Crippen molar-refractivity contribution in [1.29, 1.82) is 0 Å². The number of halogens is 1. The molecule has 11 heavy (non-hydrogen) atoms. The van der Waals surface area contributed by atoms with Gasteiger partial charge in [0, 0.05) is 7.05 Å². The molecular weight excluding hydrogens is 166 g/mol. The van der Waals surface area contributed by atoms with Crippen molar-refractivity contribution >= 4 is 17.5 Å². The summed E-state index contributed by atoms with van der Waals surface area (Å²) in [6, 6.07) is 0. The van der Waals surface area contributed by atoms with Gasteiger partial charge in [0.15, 0.2) is 0 Å². The van der Waals surface area contributed by atoms with Gasteiger partial charge in [-0.3, -0.25) is 4.79 Å². The van der Waals surface area contributed by atoms with E-state index in [0.717, 1.165) is 0 Å². The van der Waals surface area contributed by atoms with Gasteiger partial charge in [0.2, 0.25) is 5.91 Å². The van der Waals surface area contributed by atoms with E-state index in [-0.39, 0.29) is 18.4 Å². The van der Waals surface area contributed by atoms with Crippen LogP contribution < -0.4 is 0 Å². The number of hydrogen-bond acceptors (Lipinski definition) is 2. The van der Waals surface area contributed by atoms with E-state index in [1.54, 1.807) is 20.9 Å². The first-order chi connectivity index (χ1) is 4.95. The number of aliphatic hydroxyl groups is 1. The standard InChI is InChI=1S/C7H14ClNO2/c1-7(2,5-10)9(3)6(11)4-8/h10H,4-5H2,1-3H3. The van der Waals surface area contributed by atoms with Gasteiger partial charge in [0.1, 0.15) is 5.88 Å². The average molecular weight is 180 g/mol. The van der Waals surface area contributed by atoms with E-state index in [9.17, 15) is 4.79 Å². The van der Waals surface area contributed by atoms with E-state index in [0.29, 0.717) is 0 Å². The quantitative estimate of drug-likeness (QED) is 0.640. The number of carbonyl (C=O) groups is 1. The normalized spacial score (nSPS) is 11.4. The predicted octanol–water partition coefficient (Wildman–Crippen LogP) is 0.454. The molecule has 0 unspecified atom stereocenters. The fraction of sp³-hybridized carbons (Fsp3) is 0.857. The summed E-state index contributed by atoms with van der Waals surface area (Å²) in [5.41, 5.74) is -0.522. The number of amides is 1. The molecule has 3 nitrogen and oxygen atoms in total. The summed E-state index contributed by atoms with van der Waals surface area (Å²) in [6.07, 6.45) is 0. The second-order valence-electron chi connectivity index (χ2n) is 3.06. The predicted molar refractivity (Wildman–Crippen MR) is 44.7 cm³/mol. The van der Waals surface area contributed by atoms with Crippen molar-refractivity contribution in [3.8, 4) is 0 Å². The first-order valence-corrected chi connectivity index (χ1v) is 3.92. The summed E-state index contributed by atoms with van der Waals surface area (Å²) < 4.78 is 0. The van der Waals surface area contributed by atoms with Crippen molar-refractivity contribution in [1.82, 2.24) is 4.90 Å². The Morgan fingerprint density at radius 3 is 2.36 bits per heavy atom. The van der Waals surface area contributed by atoms with Gasteiger partial charge in [-0.1, -0.05) is 0 Å². The van der Waals surface area contributed by atoms with Crippen LogP contribution in [0, 0.1) is 0 Å². The molecule has 0 aromatic carbocycles. The Bertz CT molecular complexity index is 147. The van der Waals surface area contributed by atoms with Crippen molar-refractivity contribution < 1.29 is 9.90 Å². The fourth-order valence-electron chi connectivity index (χ4n) is 0.533. The number of hydrogen-bond donors (Lipinski definition) is 1. The average Bonchev–Trinajstić information content (AvgIpc) is 2.01. The highest BCUT2D eigenvalue weighted by molar-refractivity contribution is 6.27. The highest BCUT2D eigenvalue weighted by Crippen LogP contribution is 2.11. The number of carbonyl (C=O) groups excluding carboxylic acids is 1. The molecule has 0 aromatic heterocycles. The van der Waals surface area contributed by atoms with Gasteiger partial charge in [0.25, 0.3) is 0 Å². The lowest BCUT2D eigenvalue weighted by atomic mass is 10.1. The smallest absolute Gasteiger partial charge is 0.237 e. The maximum atomic E-state index is 11.0. The molecule has 1 amide bonds. The lowest BCUT2D eigenvalue weighted by Gasteiger charge is -2.33. The third kappa shape index (κ3) is 2.67. The topological polar surface area (TPSA) is 40.5 Å². The van der Waals surface area contributed by atoms with Crippen LogP contribution in [0.15, 0.2) is 0 Å². The lowest BCUT2D eigenvalue weighted by Crippen LogP contribution is -2.48. The summed E-state index contributed by atoms with van der Waals surface area (Å²) in [5, 5.41) is 8.87. The molecule has 0 heterocycles. The maximum absolute atomic E-state index is 11.0. The zero-order chi connectivity index (χ0) is 9.07. The minimum atomic E-state index is -0.522. The fourth-order valence-corrected chi connectivity index (χ4v) is 0.713. The van der Waals surface area contributed by atoms with Gasteiger partial charge in [-0.25, -0.2) is 0 Å². The summed E-state index contributed by atoms with van der Waals surface area (Å²) in [5.74, 6) is -0.217. The molecular formula is C7H14ClNO2. The van der Waals surface area contributed by atoms with Gasteiger partial charge in [-0.05, 0) is 13.8 Å². The molecule has 0 aliphatic heterocycles. The molecule has 0 atom stereocenters. The van der Waals surface area contributed by atoms with E-state index in [4.69, 9.17) is 16.7 Å². The molecule has 0 spiro atoms. The summed E-state index contributed by atoms with van der Waals surface area (Å²) in [7, 11) is 1.63. The molecule has 0 fully saturated rings. The molecule has 0 aliphatic carbocycles. The van der Waals surface area contributed by atoms with Crippen LogP contribution in [0.25, 0.3) is 0 Å².